The number of nitrogens with one attached hydrogen (secondary N) is 1. The zero-order valence-corrected chi connectivity index (χ0v) is 10.4. The van der Waals surface area contributed by atoms with Gasteiger partial charge in [-0.05, 0) is 19.1 Å². The van der Waals surface area contributed by atoms with Gasteiger partial charge in [0.25, 0.3) is 5.56 Å². The van der Waals surface area contributed by atoms with Crippen molar-refractivity contribution < 1.29 is 20.1 Å². The van der Waals surface area contributed by atoms with E-state index >= 15 is 0 Å². The highest BCUT2D eigenvalue weighted by molar-refractivity contribution is 7.71. The molecule has 1 aliphatic heterocycles. The lowest BCUT2D eigenvalue weighted by Crippen LogP contribution is -2.44. The molecule has 1 aromatic heterocycles. The van der Waals surface area contributed by atoms with Gasteiger partial charge < -0.3 is 20.1 Å². The predicted octanol–water partition coefficient (Wildman–Crippen LogP) is -1.09. The summed E-state index contributed by atoms with van der Waals surface area (Å²) in [6, 6.07) is 1.23. The topological polar surface area (TPSA) is 108 Å². The smallest absolute Gasteiger partial charge is 0.251 e. The fourth-order valence-corrected chi connectivity index (χ4v) is 2.26. The van der Waals surface area contributed by atoms with Crippen LogP contribution < -0.4 is 5.56 Å². The van der Waals surface area contributed by atoms with Gasteiger partial charge >= 0.3 is 0 Å². The van der Waals surface area contributed by atoms with Crippen LogP contribution >= 0.6 is 12.2 Å². The molecule has 0 bridgehead atoms. The van der Waals surface area contributed by atoms with Gasteiger partial charge in [0.15, 0.2) is 11.0 Å². The van der Waals surface area contributed by atoms with Gasteiger partial charge in [-0.15, -0.1) is 0 Å². The summed E-state index contributed by atoms with van der Waals surface area (Å²) in [5, 5.41) is 29.1. The van der Waals surface area contributed by atoms with Crippen LogP contribution in [0.15, 0.2) is 17.1 Å². The maximum atomic E-state index is 11.1. The molecule has 1 aliphatic rings. The second kappa shape index (κ2) is 4.56. The monoisotopic (exact) mass is 274 g/mol. The largest absolute Gasteiger partial charge is 0.394 e. The quantitative estimate of drug-likeness (QED) is 0.510. The summed E-state index contributed by atoms with van der Waals surface area (Å²) in [7, 11) is 0. The van der Waals surface area contributed by atoms with E-state index in [1.165, 1.54) is 23.8 Å². The number of H-pyrrole nitrogens is 1. The van der Waals surface area contributed by atoms with E-state index in [2.05, 4.69) is 4.98 Å². The van der Waals surface area contributed by atoms with Crippen LogP contribution in [0, 0.1) is 4.77 Å². The average molecular weight is 274 g/mol. The number of hydrogen-bond acceptors (Lipinski definition) is 6. The molecule has 0 spiro atoms. The molecule has 0 radical (unpaired) electrons. The predicted molar refractivity (Wildman–Crippen MR) is 63.5 cm³/mol. The number of aliphatic hydroxyl groups excluding tert-OH is 2. The van der Waals surface area contributed by atoms with Crippen molar-refractivity contribution >= 4 is 12.2 Å². The molecule has 8 heteroatoms. The van der Waals surface area contributed by atoms with Gasteiger partial charge in [-0.1, -0.05) is 0 Å². The number of aromatic amines is 1. The van der Waals surface area contributed by atoms with E-state index in [4.69, 9.17) is 22.1 Å². The van der Waals surface area contributed by atoms with Crippen LogP contribution in [0.1, 0.15) is 13.2 Å². The van der Waals surface area contributed by atoms with E-state index < -0.39 is 30.6 Å². The molecule has 4 atom stereocenters. The molecule has 0 saturated carbocycles. The molecule has 0 unspecified atom stereocenters. The Morgan fingerprint density at radius 3 is 2.83 bits per heavy atom. The van der Waals surface area contributed by atoms with Crippen LogP contribution in [0.5, 0.6) is 0 Å². The highest BCUT2D eigenvalue weighted by Gasteiger charge is 2.52. The molecule has 0 amide bonds. The number of hydrogen-bond donors (Lipinski definition) is 4. The van der Waals surface area contributed by atoms with Crippen molar-refractivity contribution in [1.82, 2.24) is 9.55 Å². The van der Waals surface area contributed by atoms with E-state index in [1.807, 2.05) is 0 Å². The minimum absolute atomic E-state index is 0.0681. The molecule has 100 valence electrons. The van der Waals surface area contributed by atoms with Gasteiger partial charge in [0.05, 0.1) is 6.61 Å². The molecule has 1 fully saturated rings. The van der Waals surface area contributed by atoms with Gasteiger partial charge in [-0.3, -0.25) is 14.3 Å². The Labute approximate surface area is 107 Å². The van der Waals surface area contributed by atoms with Crippen molar-refractivity contribution in [3.05, 3.63) is 27.4 Å². The van der Waals surface area contributed by atoms with Gasteiger partial charge in [0.1, 0.15) is 17.8 Å². The summed E-state index contributed by atoms with van der Waals surface area (Å²) in [5.74, 6) is 0. The van der Waals surface area contributed by atoms with Crippen LogP contribution in [0.3, 0.4) is 0 Å². The lowest BCUT2D eigenvalue weighted by molar-refractivity contribution is -0.0979. The number of aromatic nitrogens is 2. The highest BCUT2D eigenvalue weighted by atomic mass is 32.1. The average Bonchev–Trinajstić information content (AvgIpc) is 2.52. The Bertz CT molecular complexity index is 552. The standard InChI is InChI=1S/C10H14N2O5S/c1-10(16)7(15)5(4-13)17-8(10)12-3-2-6(14)11-9(12)18/h2-3,5,7-8,13,15-16H,4H2,1H3,(H,11,14,18)/t5-,7-,8-,10+/m1/s1. The number of rotatable bonds is 2. The second-order valence-corrected chi connectivity index (χ2v) is 4.78. The Balaban J connectivity index is 2.45. The first-order valence-electron chi connectivity index (χ1n) is 5.36. The lowest BCUT2D eigenvalue weighted by Gasteiger charge is -2.27. The van der Waals surface area contributed by atoms with E-state index in [0.717, 1.165) is 0 Å². The number of aliphatic hydroxyl groups is 3. The van der Waals surface area contributed by atoms with Gasteiger partial charge in [0.2, 0.25) is 0 Å². The SMILES string of the molecule is C[C@]1(O)[C@H](O)[C@@H](CO)O[C@H]1n1ccc(=O)[nH]c1=S. The maximum Gasteiger partial charge on any atom is 0.251 e. The first-order chi connectivity index (χ1) is 8.37. The third-order valence-corrected chi connectivity index (χ3v) is 3.35. The molecule has 0 aliphatic carbocycles. The molecule has 7 nitrogen and oxygen atoms in total. The highest BCUT2D eigenvalue weighted by Crippen LogP contribution is 2.37. The van der Waals surface area contributed by atoms with Crippen LogP contribution in [-0.4, -0.2) is 49.3 Å². The minimum Gasteiger partial charge on any atom is -0.394 e. The molecular formula is C10H14N2O5S. The Morgan fingerprint density at radius 1 is 1.67 bits per heavy atom. The molecule has 2 heterocycles. The van der Waals surface area contributed by atoms with Crippen molar-refractivity contribution in [1.29, 1.82) is 0 Å². The molecule has 2 rings (SSSR count). The van der Waals surface area contributed by atoms with E-state index in [1.54, 1.807) is 0 Å². The van der Waals surface area contributed by atoms with E-state index in [9.17, 15) is 15.0 Å². The minimum atomic E-state index is -1.62. The maximum absolute atomic E-state index is 11.1. The van der Waals surface area contributed by atoms with Crippen molar-refractivity contribution in [2.24, 2.45) is 0 Å². The summed E-state index contributed by atoms with van der Waals surface area (Å²) in [4.78, 5) is 13.5. The fourth-order valence-electron chi connectivity index (χ4n) is 2.00. The summed E-state index contributed by atoms with van der Waals surface area (Å²) in [6.45, 7) is 0.954. The third kappa shape index (κ3) is 2.02. The first kappa shape index (κ1) is 13.4. The normalized spacial score (nSPS) is 35.9. The molecule has 0 aromatic carbocycles. The molecule has 4 N–H and O–H groups in total. The third-order valence-electron chi connectivity index (χ3n) is 3.04. The Hall–Kier alpha value is -1.06. The fraction of sp³-hybridized carbons (Fsp3) is 0.600. The number of ether oxygens (including phenoxy) is 1. The van der Waals surface area contributed by atoms with E-state index in [0.29, 0.717) is 0 Å². The molecule has 1 aromatic rings. The zero-order valence-electron chi connectivity index (χ0n) is 9.61. The van der Waals surface area contributed by atoms with Crippen molar-refractivity contribution in [3.8, 4) is 0 Å². The van der Waals surface area contributed by atoms with Crippen LogP contribution in [0.25, 0.3) is 0 Å². The summed E-state index contributed by atoms with van der Waals surface area (Å²) in [5.41, 5.74) is -1.99. The zero-order chi connectivity index (χ0) is 13.5. The van der Waals surface area contributed by atoms with Crippen LogP contribution in [0.4, 0.5) is 0 Å². The Kier molecular flexibility index (Phi) is 3.39. The second-order valence-electron chi connectivity index (χ2n) is 4.40. The summed E-state index contributed by atoms with van der Waals surface area (Å²) in [6.07, 6.45) is -1.76. The molecular weight excluding hydrogens is 260 g/mol. The summed E-state index contributed by atoms with van der Waals surface area (Å²) < 4.78 is 6.77. The first-order valence-corrected chi connectivity index (χ1v) is 5.77. The lowest BCUT2D eigenvalue weighted by atomic mass is 9.96. The van der Waals surface area contributed by atoms with Crippen LogP contribution in [0.2, 0.25) is 0 Å². The van der Waals surface area contributed by atoms with Crippen molar-refractivity contribution in [2.45, 2.75) is 31.0 Å². The van der Waals surface area contributed by atoms with E-state index in [-0.39, 0.29) is 10.3 Å². The van der Waals surface area contributed by atoms with Crippen molar-refractivity contribution in [3.63, 3.8) is 0 Å². The van der Waals surface area contributed by atoms with Gasteiger partial charge in [-0.2, -0.15) is 0 Å². The summed E-state index contributed by atoms with van der Waals surface area (Å²) >= 11 is 4.96. The molecule has 1 saturated heterocycles. The number of nitrogens with zero attached hydrogens (tertiary/aromatic N) is 1. The van der Waals surface area contributed by atoms with Gasteiger partial charge in [-0.25, -0.2) is 0 Å². The van der Waals surface area contributed by atoms with Gasteiger partial charge in [0, 0.05) is 12.3 Å². The Morgan fingerprint density at radius 2 is 2.33 bits per heavy atom. The van der Waals surface area contributed by atoms with Crippen molar-refractivity contribution in [2.75, 3.05) is 6.61 Å². The molecule has 18 heavy (non-hydrogen) atoms. The van der Waals surface area contributed by atoms with Crippen LogP contribution in [-0.2, 0) is 4.74 Å².